The first-order valence-corrected chi connectivity index (χ1v) is 7.36. The molecule has 19 heavy (non-hydrogen) atoms. The molecule has 0 bridgehead atoms. The number of nitrogens with one attached hydrogen (secondary N) is 1. The van der Waals surface area contributed by atoms with Crippen molar-refractivity contribution in [2.75, 3.05) is 19.5 Å². The lowest BCUT2D eigenvalue weighted by atomic mass is 10.3. The molecule has 0 saturated carbocycles. The van der Waals surface area contributed by atoms with Crippen LogP contribution in [0.25, 0.3) is 0 Å². The molecule has 0 aliphatic carbocycles. The molecule has 1 aliphatic heterocycles. The summed E-state index contributed by atoms with van der Waals surface area (Å²) in [6, 6.07) is 6.48. The van der Waals surface area contributed by atoms with Crippen molar-refractivity contribution in [3.63, 3.8) is 0 Å². The minimum atomic E-state index is -3.66. The standard InChI is InChI=1S/C11H13NO6S/c1-19(14,15)12-11(13)18-10-5-3-2-4-9(10)17-7-8-6-16-8/h2-5,8H,6-7H2,1H3,(H,12,13)/t8-/m0/s1. The lowest BCUT2D eigenvalue weighted by molar-refractivity contribution is 0.201. The third kappa shape index (κ3) is 4.76. The van der Waals surface area contributed by atoms with Gasteiger partial charge in [0.05, 0.1) is 12.9 Å². The molecule has 0 unspecified atom stereocenters. The number of ether oxygens (including phenoxy) is 3. The van der Waals surface area contributed by atoms with Crippen LogP contribution in [0.3, 0.4) is 0 Å². The second-order valence-electron chi connectivity index (χ2n) is 3.98. The molecule has 104 valence electrons. The second kappa shape index (κ2) is 5.45. The van der Waals surface area contributed by atoms with Gasteiger partial charge in [0.1, 0.15) is 12.7 Å². The first kappa shape index (κ1) is 13.6. The van der Waals surface area contributed by atoms with Gasteiger partial charge in [-0.15, -0.1) is 0 Å². The van der Waals surface area contributed by atoms with E-state index in [1.165, 1.54) is 6.07 Å². The van der Waals surface area contributed by atoms with Gasteiger partial charge in [-0.25, -0.2) is 17.9 Å². The van der Waals surface area contributed by atoms with E-state index in [0.29, 0.717) is 19.0 Å². The average molecular weight is 287 g/mol. The highest BCUT2D eigenvalue weighted by atomic mass is 32.2. The number of rotatable bonds is 5. The molecule has 1 atom stereocenters. The van der Waals surface area contributed by atoms with Gasteiger partial charge in [-0.3, -0.25) is 0 Å². The van der Waals surface area contributed by atoms with E-state index in [1.807, 2.05) is 0 Å². The molecular formula is C11H13NO6S. The smallest absolute Gasteiger partial charge is 0.426 e. The quantitative estimate of drug-likeness (QED) is 0.793. The van der Waals surface area contributed by atoms with Gasteiger partial charge in [-0.05, 0) is 12.1 Å². The van der Waals surface area contributed by atoms with Gasteiger partial charge in [0.2, 0.25) is 10.0 Å². The maximum absolute atomic E-state index is 11.3. The third-order valence-corrected chi connectivity index (χ3v) is 2.69. The Balaban J connectivity index is 1.99. The molecule has 1 N–H and O–H groups in total. The van der Waals surface area contributed by atoms with Crippen LogP contribution in [0.2, 0.25) is 0 Å². The lowest BCUT2D eigenvalue weighted by Gasteiger charge is -2.10. The van der Waals surface area contributed by atoms with Gasteiger partial charge < -0.3 is 14.2 Å². The molecule has 1 saturated heterocycles. The number of hydrogen-bond acceptors (Lipinski definition) is 6. The van der Waals surface area contributed by atoms with Crippen LogP contribution in [0.5, 0.6) is 11.5 Å². The molecule has 7 nitrogen and oxygen atoms in total. The number of para-hydroxylation sites is 2. The normalized spacial score (nSPS) is 17.6. The predicted molar refractivity (Wildman–Crippen MR) is 65.7 cm³/mol. The molecule has 0 radical (unpaired) electrons. The Bertz CT molecular complexity index is 566. The summed E-state index contributed by atoms with van der Waals surface area (Å²) in [5.74, 6) is 0.492. The Labute approximate surface area is 110 Å². The van der Waals surface area contributed by atoms with Crippen molar-refractivity contribution in [1.82, 2.24) is 4.72 Å². The minimum Gasteiger partial charge on any atom is -0.487 e. The van der Waals surface area contributed by atoms with E-state index in [4.69, 9.17) is 14.2 Å². The number of epoxide rings is 1. The van der Waals surface area contributed by atoms with Gasteiger partial charge in [-0.2, -0.15) is 0 Å². The van der Waals surface area contributed by atoms with Crippen LogP contribution in [-0.2, 0) is 14.8 Å². The van der Waals surface area contributed by atoms with Crippen LogP contribution in [0.15, 0.2) is 24.3 Å². The SMILES string of the molecule is CS(=O)(=O)NC(=O)Oc1ccccc1OC[C@@H]1CO1. The summed E-state index contributed by atoms with van der Waals surface area (Å²) in [5, 5.41) is 0. The largest absolute Gasteiger partial charge is 0.487 e. The van der Waals surface area contributed by atoms with Crippen LogP contribution >= 0.6 is 0 Å². The Morgan fingerprint density at radius 2 is 2.05 bits per heavy atom. The maximum Gasteiger partial charge on any atom is 0.426 e. The zero-order valence-corrected chi connectivity index (χ0v) is 11.0. The van der Waals surface area contributed by atoms with E-state index < -0.39 is 16.1 Å². The van der Waals surface area contributed by atoms with Crippen molar-refractivity contribution in [3.8, 4) is 11.5 Å². The van der Waals surface area contributed by atoms with Crippen molar-refractivity contribution in [3.05, 3.63) is 24.3 Å². The first-order valence-electron chi connectivity index (χ1n) is 5.47. The average Bonchev–Trinajstić information content (AvgIpc) is 3.09. The minimum absolute atomic E-state index is 0.0675. The van der Waals surface area contributed by atoms with Gasteiger partial charge >= 0.3 is 6.09 Å². The van der Waals surface area contributed by atoms with Crippen LogP contribution in [-0.4, -0.2) is 40.1 Å². The molecule has 1 aromatic carbocycles. The monoisotopic (exact) mass is 287 g/mol. The van der Waals surface area contributed by atoms with E-state index in [1.54, 1.807) is 22.9 Å². The number of carbonyl (C=O) groups is 1. The Kier molecular flexibility index (Phi) is 3.91. The molecule has 1 amide bonds. The van der Waals surface area contributed by atoms with E-state index >= 15 is 0 Å². The summed E-state index contributed by atoms with van der Waals surface area (Å²) in [5.41, 5.74) is 0. The zero-order valence-electron chi connectivity index (χ0n) is 10.2. The fourth-order valence-electron chi connectivity index (χ4n) is 1.27. The van der Waals surface area contributed by atoms with E-state index in [2.05, 4.69) is 0 Å². The van der Waals surface area contributed by atoms with Gasteiger partial charge in [0, 0.05) is 0 Å². The summed E-state index contributed by atoms with van der Waals surface area (Å²) >= 11 is 0. The van der Waals surface area contributed by atoms with Crippen LogP contribution in [0, 0.1) is 0 Å². The van der Waals surface area contributed by atoms with E-state index in [0.717, 1.165) is 6.26 Å². The predicted octanol–water partition coefficient (Wildman–Crippen LogP) is 0.512. The van der Waals surface area contributed by atoms with Crippen molar-refractivity contribution in [1.29, 1.82) is 0 Å². The summed E-state index contributed by atoms with van der Waals surface area (Å²) in [4.78, 5) is 11.3. The third-order valence-electron chi connectivity index (χ3n) is 2.15. The highest BCUT2D eigenvalue weighted by Gasteiger charge is 2.24. The summed E-state index contributed by atoms with van der Waals surface area (Å²) in [6.07, 6.45) is -0.153. The van der Waals surface area contributed by atoms with Gasteiger partial charge in [0.15, 0.2) is 11.5 Å². The molecule has 1 aromatic rings. The van der Waals surface area contributed by atoms with Crippen LogP contribution in [0.4, 0.5) is 4.79 Å². The fourth-order valence-corrected chi connectivity index (χ4v) is 1.62. The number of carbonyl (C=O) groups excluding carboxylic acids is 1. The molecule has 2 rings (SSSR count). The lowest BCUT2D eigenvalue weighted by Crippen LogP contribution is -2.32. The van der Waals surface area contributed by atoms with Gasteiger partial charge in [-0.1, -0.05) is 12.1 Å². The van der Waals surface area contributed by atoms with Crippen molar-refractivity contribution in [2.24, 2.45) is 0 Å². The highest BCUT2D eigenvalue weighted by Crippen LogP contribution is 2.27. The Hall–Kier alpha value is -1.80. The molecule has 1 fully saturated rings. The number of amides is 1. The molecule has 0 aromatic heterocycles. The topological polar surface area (TPSA) is 94.2 Å². The number of hydrogen-bond donors (Lipinski definition) is 1. The Morgan fingerprint density at radius 3 is 2.63 bits per heavy atom. The number of benzene rings is 1. The first-order chi connectivity index (χ1) is 8.94. The van der Waals surface area contributed by atoms with E-state index in [9.17, 15) is 13.2 Å². The summed E-state index contributed by atoms with van der Waals surface area (Å²) in [7, 11) is -3.66. The molecule has 1 heterocycles. The maximum atomic E-state index is 11.3. The van der Waals surface area contributed by atoms with Crippen LogP contribution < -0.4 is 14.2 Å². The molecule has 1 aliphatic rings. The van der Waals surface area contributed by atoms with Crippen molar-refractivity contribution in [2.45, 2.75) is 6.10 Å². The number of sulfonamides is 1. The van der Waals surface area contributed by atoms with Crippen LogP contribution in [0.1, 0.15) is 0 Å². The zero-order chi connectivity index (χ0) is 13.9. The highest BCUT2D eigenvalue weighted by molar-refractivity contribution is 7.89. The molecular weight excluding hydrogens is 274 g/mol. The Morgan fingerprint density at radius 1 is 1.42 bits per heavy atom. The summed E-state index contributed by atoms with van der Waals surface area (Å²) < 4.78 is 38.7. The second-order valence-corrected chi connectivity index (χ2v) is 5.73. The van der Waals surface area contributed by atoms with Crippen molar-refractivity contribution < 1.29 is 27.4 Å². The summed E-state index contributed by atoms with van der Waals surface area (Å²) in [6.45, 7) is 1.01. The van der Waals surface area contributed by atoms with Crippen molar-refractivity contribution >= 4 is 16.1 Å². The van der Waals surface area contributed by atoms with Gasteiger partial charge in [0.25, 0.3) is 0 Å². The molecule has 0 spiro atoms. The van der Waals surface area contributed by atoms with E-state index in [-0.39, 0.29) is 11.9 Å². The fraction of sp³-hybridized carbons (Fsp3) is 0.364. The molecule has 8 heteroatoms.